The molecule has 0 spiro atoms. The molecular formula is C18H28N2O. The maximum atomic E-state index is 12.1. The summed E-state index contributed by atoms with van der Waals surface area (Å²) in [6.45, 7) is 9.79. The van der Waals surface area contributed by atoms with E-state index in [1.807, 2.05) is 18.2 Å². The first-order valence-corrected chi connectivity index (χ1v) is 7.84. The molecular weight excluding hydrogens is 260 g/mol. The minimum atomic E-state index is -0.421. The van der Waals surface area contributed by atoms with Crippen LogP contribution in [0.25, 0.3) is 0 Å². The summed E-state index contributed by atoms with van der Waals surface area (Å²) in [5.41, 5.74) is 7.82. The predicted octanol–water partition coefficient (Wildman–Crippen LogP) is 2.74. The number of nitrogens with two attached hydrogens (primary N) is 1. The maximum Gasteiger partial charge on any atom is 0.236 e. The number of benzene rings is 1. The summed E-state index contributed by atoms with van der Waals surface area (Å²) in [6, 6.07) is 9.74. The van der Waals surface area contributed by atoms with Gasteiger partial charge in [0.05, 0.1) is 6.04 Å². The van der Waals surface area contributed by atoms with Crippen molar-refractivity contribution in [3.63, 3.8) is 0 Å². The molecule has 0 heterocycles. The molecule has 1 aromatic carbocycles. The number of carbonyl (C=O) groups is 1. The van der Waals surface area contributed by atoms with Gasteiger partial charge in [0.2, 0.25) is 5.91 Å². The Hall–Kier alpha value is -1.35. The first kappa shape index (κ1) is 16.0. The Balaban J connectivity index is 1.74. The lowest BCUT2D eigenvalue weighted by atomic mass is 10.0. The van der Waals surface area contributed by atoms with Crippen molar-refractivity contribution in [2.75, 3.05) is 6.54 Å². The van der Waals surface area contributed by atoms with Crippen molar-refractivity contribution in [2.24, 2.45) is 22.5 Å². The fourth-order valence-electron chi connectivity index (χ4n) is 3.28. The fraction of sp³-hybridized carbons (Fsp3) is 0.611. The summed E-state index contributed by atoms with van der Waals surface area (Å²) >= 11 is 0. The normalized spacial score (nSPS) is 20.8. The third-order valence-corrected chi connectivity index (χ3v) is 5.72. The molecule has 1 aliphatic carbocycles. The van der Waals surface area contributed by atoms with Gasteiger partial charge in [-0.05, 0) is 35.2 Å². The van der Waals surface area contributed by atoms with Crippen molar-refractivity contribution in [3.05, 3.63) is 35.9 Å². The van der Waals surface area contributed by atoms with Crippen LogP contribution in [0, 0.1) is 16.7 Å². The lowest BCUT2D eigenvalue weighted by Crippen LogP contribution is -2.42. The van der Waals surface area contributed by atoms with Crippen LogP contribution in [-0.4, -0.2) is 18.5 Å². The van der Waals surface area contributed by atoms with E-state index in [-0.39, 0.29) is 5.91 Å². The van der Waals surface area contributed by atoms with Crippen LogP contribution in [-0.2, 0) is 11.2 Å². The molecule has 1 fully saturated rings. The Labute approximate surface area is 128 Å². The van der Waals surface area contributed by atoms with Gasteiger partial charge in [0.25, 0.3) is 0 Å². The molecule has 0 aromatic heterocycles. The molecule has 0 bridgehead atoms. The maximum absolute atomic E-state index is 12.1. The van der Waals surface area contributed by atoms with Crippen LogP contribution in [0.5, 0.6) is 0 Å². The number of hydrogen-bond donors (Lipinski definition) is 2. The van der Waals surface area contributed by atoms with E-state index in [4.69, 9.17) is 5.73 Å². The van der Waals surface area contributed by atoms with Gasteiger partial charge < -0.3 is 11.1 Å². The molecule has 0 aliphatic heterocycles. The molecule has 1 aliphatic rings. The van der Waals surface area contributed by atoms with Crippen LogP contribution in [0.15, 0.2) is 30.3 Å². The van der Waals surface area contributed by atoms with E-state index in [1.54, 1.807) is 0 Å². The van der Waals surface area contributed by atoms with Crippen molar-refractivity contribution in [3.8, 4) is 0 Å². The van der Waals surface area contributed by atoms with Gasteiger partial charge in [-0.3, -0.25) is 4.79 Å². The van der Waals surface area contributed by atoms with Crippen LogP contribution in [0.3, 0.4) is 0 Å². The molecule has 116 valence electrons. The molecule has 1 aromatic rings. The summed E-state index contributed by atoms with van der Waals surface area (Å²) < 4.78 is 0. The second-order valence-electron chi connectivity index (χ2n) is 7.37. The molecule has 3 heteroatoms. The highest BCUT2D eigenvalue weighted by Gasteiger charge is 2.64. The second-order valence-corrected chi connectivity index (χ2v) is 7.37. The van der Waals surface area contributed by atoms with Crippen LogP contribution in [0.4, 0.5) is 0 Å². The van der Waals surface area contributed by atoms with E-state index < -0.39 is 6.04 Å². The van der Waals surface area contributed by atoms with E-state index in [2.05, 4.69) is 45.1 Å². The SMILES string of the molecule is CC1(C)C(CNC(=O)C(N)CCc2ccccc2)C1(C)C. The highest BCUT2D eigenvalue weighted by atomic mass is 16.2. The third kappa shape index (κ3) is 3.29. The van der Waals surface area contributed by atoms with Gasteiger partial charge in [-0.25, -0.2) is 0 Å². The molecule has 1 unspecified atom stereocenters. The number of carbonyl (C=O) groups excluding carboxylic acids is 1. The van der Waals surface area contributed by atoms with Gasteiger partial charge in [-0.2, -0.15) is 0 Å². The Morgan fingerprint density at radius 3 is 2.29 bits per heavy atom. The zero-order chi connectivity index (χ0) is 15.7. The lowest BCUT2D eigenvalue weighted by Gasteiger charge is -2.13. The molecule has 0 radical (unpaired) electrons. The minimum absolute atomic E-state index is 0.0237. The zero-order valence-corrected chi connectivity index (χ0v) is 13.6. The first-order chi connectivity index (χ1) is 9.76. The van der Waals surface area contributed by atoms with Crippen molar-refractivity contribution >= 4 is 5.91 Å². The monoisotopic (exact) mass is 288 g/mol. The molecule has 0 saturated heterocycles. The highest BCUT2D eigenvalue weighted by molar-refractivity contribution is 5.81. The zero-order valence-electron chi connectivity index (χ0n) is 13.6. The lowest BCUT2D eigenvalue weighted by molar-refractivity contribution is -0.122. The summed E-state index contributed by atoms with van der Waals surface area (Å²) in [5.74, 6) is 0.514. The Bertz CT molecular complexity index is 479. The minimum Gasteiger partial charge on any atom is -0.354 e. The number of aryl methyl sites for hydroxylation is 1. The fourth-order valence-corrected chi connectivity index (χ4v) is 3.28. The average molecular weight is 288 g/mol. The molecule has 3 N–H and O–H groups in total. The smallest absolute Gasteiger partial charge is 0.236 e. The largest absolute Gasteiger partial charge is 0.354 e. The number of nitrogens with one attached hydrogen (secondary N) is 1. The summed E-state index contributed by atoms with van der Waals surface area (Å²) in [6.07, 6.45) is 1.53. The Morgan fingerprint density at radius 1 is 1.19 bits per heavy atom. The van der Waals surface area contributed by atoms with Gasteiger partial charge >= 0.3 is 0 Å². The molecule has 1 saturated carbocycles. The van der Waals surface area contributed by atoms with E-state index in [1.165, 1.54) is 5.56 Å². The first-order valence-electron chi connectivity index (χ1n) is 7.84. The van der Waals surface area contributed by atoms with Gasteiger partial charge in [-0.15, -0.1) is 0 Å². The summed E-state index contributed by atoms with van der Waals surface area (Å²) in [7, 11) is 0. The Kier molecular flexibility index (Phi) is 4.43. The number of rotatable bonds is 6. The molecule has 2 rings (SSSR count). The van der Waals surface area contributed by atoms with Crippen LogP contribution >= 0.6 is 0 Å². The predicted molar refractivity (Wildman–Crippen MR) is 86.8 cm³/mol. The van der Waals surface area contributed by atoms with Crippen molar-refractivity contribution in [2.45, 2.75) is 46.6 Å². The number of hydrogen-bond acceptors (Lipinski definition) is 2. The highest BCUT2D eigenvalue weighted by Crippen LogP contribution is 2.67. The number of amides is 1. The molecule has 1 atom stereocenters. The van der Waals surface area contributed by atoms with E-state index in [0.29, 0.717) is 23.2 Å². The molecule has 21 heavy (non-hydrogen) atoms. The van der Waals surface area contributed by atoms with E-state index >= 15 is 0 Å². The average Bonchev–Trinajstić information content (AvgIpc) is 2.84. The standard InChI is InChI=1S/C18H28N2O/c1-17(2)15(18(17,3)4)12-20-16(21)14(19)11-10-13-8-6-5-7-9-13/h5-9,14-15H,10-12,19H2,1-4H3,(H,20,21). The van der Waals surface area contributed by atoms with E-state index in [0.717, 1.165) is 13.0 Å². The van der Waals surface area contributed by atoms with Crippen molar-refractivity contribution in [1.29, 1.82) is 0 Å². The third-order valence-electron chi connectivity index (χ3n) is 5.72. The van der Waals surface area contributed by atoms with Gasteiger partial charge in [0.1, 0.15) is 0 Å². The van der Waals surface area contributed by atoms with Gasteiger partial charge in [0, 0.05) is 6.54 Å². The van der Waals surface area contributed by atoms with Crippen molar-refractivity contribution < 1.29 is 4.79 Å². The molecule has 3 nitrogen and oxygen atoms in total. The van der Waals surface area contributed by atoms with Crippen molar-refractivity contribution in [1.82, 2.24) is 5.32 Å². The second kappa shape index (κ2) is 5.80. The summed E-state index contributed by atoms with van der Waals surface area (Å²) in [4.78, 5) is 12.1. The molecule has 1 amide bonds. The van der Waals surface area contributed by atoms with Crippen LogP contribution in [0.2, 0.25) is 0 Å². The van der Waals surface area contributed by atoms with Crippen LogP contribution in [0.1, 0.15) is 39.7 Å². The quantitative estimate of drug-likeness (QED) is 0.845. The summed E-state index contributed by atoms with van der Waals surface area (Å²) in [5, 5.41) is 3.03. The topological polar surface area (TPSA) is 55.1 Å². The van der Waals surface area contributed by atoms with Gasteiger partial charge in [0.15, 0.2) is 0 Å². The van der Waals surface area contributed by atoms with E-state index in [9.17, 15) is 4.79 Å². The van der Waals surface area contributed by atoms with Crippen LogP contribution < -0.4 is 11.1 Å². The Morgan fingerprint density at radius 2 is 1.76 bits per heavy atom. The van der Waals surface area contributed by atoms with Gasteiger partial charge in [-0.1, -0.05) is 58.0 Å².